The first-order chi connectivity index (χ1) is 8.16. The highest BCUT2D eigenvalue weighted by Gasteiger charge is 2.15. The molecule has 1 heterocycles. The molecule has 0 radical (unpaired) electrons. The van der Waals surface area contributed by atoms with Gasteiger partial charge in [-0.25, -0.2) is 23.1 Å². The smallest absolute Gasteiger partial charge is 0.196 e. The lowest BCUT2D eigenvalue weighted by Gasteiger charge is -2.03. The van der Waals surface area contributed by atoms with Crippen LogP contribution in [0.4, 0.5) is 13.2 Å². The number of hydrogen-bond acceptors (Lipinski definition) is 2. The summed E-state index contributed by atoms with van der Waals surface area (Å²) in [5.41, 5.74) is 0.679. The average molecular weight is 271 g/mol. The number of benzene rings is 2. The summed E-state index contributed by atoms with van der Waals surface area (Å²) >= 11 is 0. The minimum atomic E-state index is -1.53. The Hall–Kier alpha value is -1.88. The quantitative estimate of drug-likeness (QED) is 0.460. The van der Waals surface area contributed by atoms with Crippen molar-refractivity contribution in [1.29, 1.82) is 0 Å². The number of fused-ring (bicyclic) bond motifs is 2. The van der Waals surface area contributed by atoms with E-state index < -0.39 is 17.5 Å². The molecule has 6 heteroatoms. The molecule has 0 saturated heterocycles. The SMILES string of the molecule is Cl.Fc1cc2nc3ccccc3nc2c(F)c1F. The number of hydrogen-bond donors (Lipinski definition) is 0. The Morgan fingerprint density at radius 3 is 2.06 bits per heavy atom. The molecule has 2 aromatic carbocycles. The molecular weight excluding hydrogens is 265 g/mol. The third-order valence-corrected chi connectivity index (χ3v) is 2.47. The van der Waals surface area contributed by atoms with E-state index in [0.29, 0.717) is 11.0 Å². The van der Waals surface area contributed by atoms with Crippen LogP contribution in [0.5, 0.6) is 0 Å². The second-order valence-electron chi connectivity index (χ2n) is 3.57. The minimum absolute atomic E-state index is 0. The highest BCUT2D eigenvalue weighted by atomic mass is 35.5. The lowest BCUT2D eigenvalue weighted by molar-refractivity contribution is 0.452. The highest BCUT2D eigenvalue weighted by molar-refractivity contribution is 5.86. The standard InChI is InChI=1S/C12H5F3N2.ClH/c13-6-5-9-12(11(15)10(6)14)17-8-4-2-1-3-7(8)16-9;/h1-5H;1H. The van der Waals surface area contributed by atoms with E-state index in [-0.39, 0.29) is 23.4 Å². The lowest BCUT2D eigenvalue weighted by atomic mass is 10.2. The molecular formula is C12H6ClF3N2. The van der Waals surface area contributed by atoms with E-state index in [9.17, 15) is 13.2 Å². The van der Waals surface area contributed by atoms with Gasteiger partial charge in [0.2, 0.25) is 0 Å². The van der Waals surface area contributed by atoms with Crippen LogP contribution in [0, 0.1) is 17.5 Å². The van der Waals surface area contributed by atoms with Crippen LogP contribution in [0.1, 0.15) is 0 Å². The van der Waals surface area contributed by atoms with Gasteiger partial charge in [-0.2, -0.15) is 0 Å². The maximum atomic E-state index is 13.5. The van der Waals surface area contributed by atoms with Crippen LogP contribution in [0.25, 0.3) is 22.1 Å². The van der Waals surface area contributed by atoms with Crippen LogP contribution >= 0.6 is 12.4 Å². The Morgan fingerprint density at radius 1 is 0.778 bits per heavy atom. The maximum Gasteiger partial charge on any atom is 0.196 e. The van der Waals surface area contributed by atoms with Crippen molar-refractivity contribution in [3.63, 3.8) is 0 Å². The van der Waals surface area contributed by atoms with Crippen LogP contribution < -0.4 is 0 Å². The average Bonchev–Trinajstić information content (AvgIpc) is 2.34. The van der Waals surface area contributed by atoms with E-state index in [0.717, 1.165) is 6.07 Å². The Kier molecular flexibility index (Phi) is 3.09. The second kappa shape index (κ2) is 4.42. The third kappa shape index (κ3) is 1.76. The van der Waals surface area contributed by atoms with Crippen LogP contribution in [-0.2, 0) is 0 Å². The van der Waals surface area contributed by atoms with E-state index in [1.54, 1.807) is 24.3 Å². The van der Waals surface area contributed by atoms with Crippen molar-refractivity contribution in [3.05, 3.63) is 47.8 Å². The van der Waals surface area contributed by atoms with Gasteiger partial charge in [0, 0.05) is 6.07 Å². The molecule has 3 aromatic rings. The van der Waals surface area contributed by atoms with Crippen LogP contribution in [0.2, 0.25) is 0 Å². The van der Waals surface area contributed by atoms with E-state index >= 15 is 0 Å². The van der Waals surface area contributed by atoms with E-state index in [2.05, 4.69) is 9.97 Å². The van der Waals surface area contributed by atoms with Gasteiger partial charge >= 0.3 is 0 Å². The fourth-order valence-electron chi connectivity index (χ4n) is 1.67. The molecule has 18 heavy (non-hydrogen) atoms. The number of nitrogens with zero attached hydrogens (tertiary/aromatic N) is 2. The van der Waals surface area contributed by atoms with Gasteiger partial charge in [0.1, 0.15) is 5.52 Å². The van der Waals surface area contributed by atoms with Crippen molar-refractivity contribution in [2.24, 2.45) is 0 Å². The summed E-state index contributed by atoms with van der Waals surface area (Å²) in [4.78, 5) is 7.97. The van der Waals surface area contributed by atoms with Gasteiger partial charge in [0.25, 0.3) is 0 Å². The normalized spacial score (nSPS) is 10.6. The van der Waals surface area contributed by atoms with Crippen molar-refractivity contribution in [2.45, 2.75) is 0 Å². The summed E-state index contributed by atoms with van der Waals surface area (Å²) in [7, 11) is 0. The summed E-state index contributed by atoms with van der Waals surface area (Å²) in [5, 5.41) is 0. The van der Waals surface area contributed by atoms with Crippen molar-refractivity contribution in [3.8, 4) is 0 Å². The molecule has 0 N–H and O–H groups in total. The van der Waals surface area contributed by atoms with Crippen molar-refractivity contribution in [2.75, 3.05) is 0 Å². The molecule has 0 spiro atoms. The zero-order valence-corrected chi connectivity index (χ0v) is 9.64. The molecule has 0 fully saturated rings. The molecule has 92 valence electrons. The maximum absolute atomic E-state index is 13.5. The molecule has 0 bridgehead atoms. The van der Waals surface area contributed by atoms with Gasteiger partial charge < -0.3 is 0 Å². The summed E-state index contributed by atoms with van der Waals surface area (Å²) in [5.74, 6) is -4.10. The molecule has 2 nitrogen and oxygen atoms in total. The number of rotatable bonds is 0. The van der Waals surface area contributed by atoms with Gasteiger partial charge in [0.05, 0.1) is 16.6 Å². The van der Waals surface area contributed by atoms with Gasteiger partial charge in [-0.3, -0.25) is 0 Å². The van der Waals surface area contributed by atoms with Gasteiger partial charge in [0.15, 0.2) is 17.5 Å². The monoisotopic (exact) mass is 270 g/mol. The van der Waals surface area contributed by atoms with Gasteiger partial charge in [-0.15, -0.1) is 12.4 Å². The number of aromatic nitrogens is 2. The number of para-hydroxylation sites is 2. The van der Waals surface area contributed by atoms with Crippen molar-refractivity contribution < 1.29 is 13.2 Å². The topological polar surface area (TPSA) is 25.8 Å². The molecule has 0 amide bonds. The van der Waals surface area contributed by atoms with Crippen LogP contribution in [0.15, 0.2) is 30.3 Å². The summed E-state index contributed by atoms with van der Waals surface area (Å²) < 4.78 is 39.5. The molecule has 0 aliphatic rings. The predicted octanol–water partition coefficient (Wildman–Crippen LogP) is 3.62. The molecule has 0 saturated carbocycles. The Morgan fingerprint density at radius 2 is 1.39 bits per heavy atom. The highest BCUT2D eigenvalue weighted by Crippen LogP contribution is 2.22. The zero-order valence-electron chi connectivity index (χ0n) is 8.82. The molecule has 1 aromatic heterocycles. The fourth-order valence-corrected chi connectivity index (χ4v) is 1.67. The van der Waals surface area contributed by atoms with Gasteiger partial charge in [-0.1, -0.05) is 12.1 Å². The first kappa shape index (κ1) is 12.6. The second-order valence-corrected chi connectivity index (χ2v) is 3.57. The molecule has 0 aliphatic heterocycles. The van der Waals surface area contributed by atoms with E-state index in [1.165, 1.54) is 0 Å². The lowest BCUT2D eigenvalue weighted by Crippen LogP contribution is -1.96. The molecule has 0 atom stereocenters. The fraction of sp³-hybridized carbons (Fsp3) is 0. The summed E-state index contributed by atoms with van der Waals surface area (Å²) in [6, 6.07) is 7.58. The zero-order chi connectivity index (χ0) is 12.0. The first-order valence-electron chi connectivity index (χ1n) is 4.87. The van der Waals surface area contributed by atoms with Crippen LogP contribution in [0.3, 0.4) is 0 Å². The van der Waals surface area contributed by atoms with Crippen molar-refractivity contribution >= 4 is 34.5 Å². The summed E-state index contributed by atoms with van der Waals surface area (Å²) in [6.07, 6.45) is 0. The largest absolute Gasteiger partial charge is 0.244 e. The number of halogens is 4. The van der Waals surface area contributed by atoms with Crippen LogP contribution in [-0.4, -0.2) is 9.97 Å². The Balaban J connectivity index is 0.00000120. The third-order valence-electron chi connectivity index (χ3n) is 2.47. The summed E-state index contributed by atoms with van der Waals surface area (Å²) in [6.45, 7) is 0. The van der Waals surface area contributed by atoms with E-state index in [4.69, 9.17) is 0 Å². The molecule has 0 unspecified atom stereocenters. The van der Waals surface area contributed by atoms with E-state index in [1.807, 2.05) is 0 Å². The predicted molar refractivity (Wildman–Crippen MR) is 64.2 cm³/mol. The Labute approximate surface area is 106 Å². The van der Waals surface area contributed by atoms with Crippen molar-refractivity contribution in [1.82, 2.24) is 9.97 Å². The molecule has 3 rings (SSSR count). The first-order valence-corrected chi connectivity index (χ1v) is 4.87. The van der Waals surface area contributed by atoms with Gasteiger partial charge in [-0.05, 0) is 12.1 Å². The molecule has 0 aliphatic carbocycles. The minimum Gasteiger partial charge on any atom is -0.244 e. The Bertz CT molecular complexity index is 746.